The molecule has 1 radical (unpaired) electrons. The SMILES string of the molecule is NC(=S)c1[c]c(F)cnc1. The van der Waals surface area contributed by atoms with Crippen molar-refractivity contribution < 1.29 is 4.39 Å². The minimum absolute atomic E-state index is 0.104. The maximum Gasteiger partial charge on any atom is 0.150 e. The maximum absolute atomic E-state index is 12.3. The molecule has 10 heavy (non-hydrogen) atoms. The fraction of sp³-hybridized carbons (Fsp3) is 0. The van der Waals surface area contributed by atoms with Gasteiger partial charge in [0.2, 0.25) is 0 Å². The van der Waals surface area contributed by atoms with Crippen molar-refractivity contribution in [3.63, 3.8) is 0 Å². The van der Waals surface area contributed by atoms with Crippen molar-refractivity contribution in [2.45, 2.75) is 0 Å². The number of thiocarbonyl (C=S) groups is 1. The van der Waals surface area contributed by atoms with Crippen LogP contribution in [0.15, 0.2) is 12.4 Å². The third kappa shape index (κ3) is 1.48. The summed E-state index contributed by atoms with van der Waals surface area (Å²) < 4.78 is 12.3. The molecule has 4 heteroatoms. The Labute approximate surface area is 62.9 Å². The highest BCUT2D eigenvalue weighted by Crippen LogP contribution is 1.98. The van der Waals surface area contributed by atoms with E-state index in [0.29, 0.717) is 5.56 Å². The van der Waals surface area contributed by atoms with Crippen LogP contribution in [0, 0.1) is 11.9 Å². The van der Waals surface area contributed by atoms with Crippen LogP contribution in [0.2, 0.25) is 0 Å². The van der Waals surface area contributed by atoms with Gasteiger partial charge in [-0.1, -0.05) is 12.2 Å². The second-order valence-corrected chi connectivity index (χ2v) is 2.10. The van der Waals surface area contributed by atoms with E-state index in [2.05, 4.69) is 23.3 Å². The van der Waals surface area contributed by atoms with Gasteiger partial charge in [0.05, 0.1) is 6.20 Å². The molecule has 2 N–H and O–H groups in total. The van der Waals surface area contributed by atoms with Crippen LogP contribution in [0.1, 0.15) is 5.56 Å². The van der Waals surface area contributed by atoms with Gasteiger partial charge in [0.1, 0.15) is 10.8 Å². The van der Waals surface area contributed by atoms with E-state index >= 15 is 0 Å². The number of rotatable bonds is 1. The van der Waals surface area contributed by atoms with Crippen LogP contribution >= 0.6 is 12.2 Å². The van der Waals surface area contributed by atoms with Gasteiger partial charge in [-0.3, -0.25) is 4.98 Å². The lowest BCUT2D eigenvalue weighted by atomic mass is 10.3. The molecule has 0 aliphatic carbocycles. The average Bonchev–Trinajstić information content (AvgIpc) is 1.88. The molecule has 0 saturated carbocycles. The van der Waals surface area contributed by atoms with E-state index in [-0.39, 0.29) is 4.99 Å². The standard InChI is InChI=1S/C6H4FN2S/c7-5-1-4(6(8)10)2-9-3-5/h2-3H,(H2,8,10). The molecule has 0 aromatic carbocycles. The van der Waals surface area contributed by atoms with Crippen LogP contribution in [0.4, 0.5) is 4.39 Å². The molecule has 0 bridgehead atoms. The van der Waals surface area contributed by atoms with Crippen LogP contribution < -0.4 is 5.73 Å². The Morgan fingerprint density at radius 1 is 1.70 bits per heavy atom. The zero-order valence-electron chi connectivity index (χ0n) is 4.97. The fourth-order valence-electron chi connectivity index (χ4n) is 0.496. The van der Waals surface area contributed by atoms with E-state index < -0.39 is 5.82 Å². The Morgan fingerprint density at radius 3 is 2.80 bits per heavy atom. The largest absolute Gasteiger partial charge is 0.389 e. The minimum Gasteiger partial charge on any atom is -0.389 e. The van der Waals surface area contributed by atoms with E-state index in [4.69, 9.17) is 5.73 Å². The molecule has 1 aromatic heterocycles. The number of halogens is 1. The van der Waals surface area contributed by atoms with Crippen molar-refractivity contribution in [2.75, 3.05) is 0 Å². The molecule has 1 rings (SSSR count). The van der Waals surface area contributed by atoms with Gasteiger partial charge in [-0.25, -0.2) is 4.39 Å². The van der Waals surface area contributed by atoms with Gasteiger partial charge < -0.3 is 5.73 Å². The highest BCUT2D eigenvalue weighted by Gasteiger charge is 1.97. The van der Waals surface area contributed by atoms with Gasteiger partial charge in [0, 0.05) is 17.8 Å². The van der Waals surface area contributed by atoms with Gasteiger partial charge in [-0.2, -0.15) is 0 Å². The number of nitrogens with zero attached hydrogens (tertiary/aromatic N) is 1. The molecule has 0 spiro atoms. The monoisotopic (exact) mass is 155 g/mol. The molecule has 0 amide bonds. The lowest BCUT2D eigenvalue weighted by Crippen LogP contribution is -2.10. The molecular formula is C6H4FN2S. The number of pyridine rings is 1. The molecule has 0 fully saturated rings. The second kappa shape index (κ2) is 2.70. The summed E-state index contributed by atoms with van der Waals surface area (Å²) in [6.07, 6.45) is 2.41. The summed E-state index contributed by atoms with van der Waals surface area (Å²) in [7, 11) is 0. The van der Waals surface area contributed by atoms with Gasteiger partial charge in [-0.05, 0) is 0 Å². The molecule has 0 saturated heterocycles. The van der Waals surface area contributed by atoms with Crippen LogP contribution in [0.5, 0.6) is 0 Å². The molecule has 1 heterocycles. The topological polar surface area (TPSA) is 38.9 Å². The number of aromatic nitrogens is 1. The van der Waals surface area contributed by atoms with Crippen molar-refractivity contribution in [1.29, 1.82) is 0 Å². The first-order valence-corrected chi connectivity index (χ1v) is 2.93. The predicted molar refractivity (Wildman–Crippen MR) is 38.9 cm³/mol. The molecule has 0 aliphatic heterocycles. The van der Waals surface area contributed by atoms with E-state index in [1.807, 2.05) is 0 Å². The first-order valence-electron chi connectivity index (χ1n) is 2.53. The van der Waals surface area contributed by atoms with Crippen LogP contribution in [0.25, 0.3) is 0 Å². The van der Waals surface area contributed by atoms with Crippen LogP contribution in [-0.4, -0.2) is 9.97 Å². The number of hydrogen-bond acceptors (Lipinski definition) is 2. The highest BCUT2D eigenvalue weighted by molar-refractivity contribution is 7.80. The summed E-state index contributed by atoms with van der Waals surface area (Å²) in [5.74, 6) is -0.551. The Balaban J connectivity index is 3.07. The first kappa shape index (κ1) is 7.08. The van der Waals surface area contributed by atoms with Crippen LogP contribution in [-0.2, 0) is 0 Å². The zero-order chi connectivity index (χ0) is 7.56. The normalized spacial score (nSPS) is 9.30. The van der Waals surface area contributed by atoms with Crippen molar-refractivity contribution in [1.82, 2.24) is 4.98 Å². The summed E-state index contributed by atoms with van der Waals surface area (Å²) >= 11 is 4.56. The third-order valence-corrected chi connectivity index (χ3v) is 1.13. The molecular weight excluding hydrogens is 151 g/mol. The highest BCUT2D eigenvalue weighted by atomic mass is 32.1. The van der Waals surface area contributed by atoms with Gasteiger partial charge >= 0.3 is 0 Å². The van der Waals surface area contributed by atoms with E-state index in [1.165, 1.54) is 6.20 Å². The number of nitrogens with two attached hydrogens (primary N) is 1. The first-order chi connectivity index (χ1) is 4.70. The third-order valence-electron chi connectivity index (χ3n) is 0.911. The predicted octanol–water partition coefficient (Wildman–Crippen LogP) is 0.655. The van der Waals surface area contributed by atoms with Crippen molar-refractivity contribution >= 4 is 17.2 Å². The Bertz CT molecular complexity index is 262. The Morgan fingerprint density at radius 2 is 2.40 bits per heavy atom. The summed E-state index contributed by atoms with van der Waals surface area (Å²) in [6, 6.07) is 2.31. The quantitative estimate of drug-likeness (QED) is 0.605. The molecule has 1 aromatic rings. The minimum atomic E-state index is -0.551. The van der Waals surface area contributed by atoms with Gasteiger partial charge in [0.25, 0.3) is 0 Å². The molecule has 0 unspecified atom stereocenters. The van der Waals surface area contributed by atoms with E-state index in [0.717, 1.165) is 6.20 Å². The lowest BCUT2D eigenvalue weighted by molar-refractivity contribution is 0.618. The van der Waals surface area contributed by atoms with E-state index in [9.17, 15) is 4.39 Å². The molecule has 0 aliphatic rings. The fourth-order valence-corrected chi connectivity index (χ4v) is 0.599. The lowest BCUT2D eigenvalue weighted by Gasteiger charge is -1.93. The molecule has 0 atom stereocenters. The summed E-state index contributed by atoms with van der Waals surface area (Å²) in [6.45, 7) is 0. The van der Waals surface area contributed by atoms with Crippen molar-refractivity contribution in [3.05, 3.63) is 29.8 Å². The van der Waals surface area contributed by atoms with Gasteiger partial charge in [-0.15, -0.1) is 0 Å². The summed E-state index contributed by atoms with van der Waals surface area (Å²) in [4.78, 5) is 3.64. The molecule has 2 nitrogen and oxygen atoms in total. The summed E-state index contributed by atoms with van der Waals surface area (Å²) in [5.41, 5.74) is 5.50. The van der Waals surface area contributed by atoms with Gasteiger partial charge in [0.15, 0.2) is 0 Å². The zero-order valence-corrected chi connectivity index (χ0v) is 5.78. The molecule has 51 valence electrons. The summed E-state index contributed by atoms with van der Waals surface area (Å²) in [5, 5.41) is 0. The Hall–Kier alpha value is -1.03. The average molecular weight is 155 g/mol. The smallest absolute Gasteiger partial charge is 0.150 e. The maximum atomic E-state index is 12.3. The van der Waals surface area contributed by atoms with Crippen molar-refractivity contribution in [3.8, 4) is 0 Å². The van der Waals surface area contributed by atoms with E-state index in [1.54, 1.807) is 0 Å². The van der Waals surface area contributed by atoms with Crippen molar-refractivity contribution in [2.24, 2.45) is 5.73 Å². The Kier molecular flexibility index (Phi) is 1.91. The second-order valence-electron chi connectivity index (χ2n) is 1.66. The van der Waals surface area contributed by atoms with Crippen LogP contribution in [0.3, 0.4) is 0 Å². The number of hydrogen-bond donors (Lipinski definition) is 1.